The van der Waals surface area contributed by atoms with Crippen molar-refractivity contribution < 1.29 is 14.3 Å². The zero-order valence-corrected chi connectivity index (χ0v) is 18.9. The molecule has 0 saturated carbocycles. The van der Waals surface area contributed by atoms with Gasteiger partial charge in [0, 0.05) is 24.7 Å². The summed E-state index contributed by atoms with van der Waals surface area (Å²) in [6, 6.07) is 20.1. The molecule has 5 heteroatoms. The molecule has 3 rings (SSSR count). The number of carbonyl (C=O) groups is 1. The molecule has 0 aliphatic heterocycles. The second-order valence-electron chi connectivity index (χ2n) is 8.14. The van der Waals surface area contributed by atoms with Gasteiger partial charge in [-0.3, -0.25) is 4.79 Å². The Balaban J connectivity index is 1.89. The predicted molar refractivity (Wildman–Crippen MR) is 124 cm³/mol. The molecule has 2 aromatic carbocycles. The Kier molecular flexibility index (Phi) is 6.95. The van der Waals surface area contributed by atoms with E-state index in [0.717, 1.165) is 34.0 Å². The molecule has 1 aromatic heterocycles. The van der Waals surface area contributed by atoms with E-state index in [2.05, 4.69) is 29.2 Å². The van der Waals surface area contributed by atoms with Crippen LogP contribution in [0.2, 0.25) is 0 Å². The van der Waals surface area contributed by atoms with Crippen LogP contribution in [0.25, 0.3) is 0 Å². The molecule has 1 heterocycles. The van der Waals surface area contributed by atoms with Crippen molar-refractivity contribution in [3.8, 4) is 11.5 Å². The van der Waals surface area contributed by atoms with Gasteiger partial charge >= 0.3 is 0 Å². The Hall–Kier alpha value is -3.34. The highest BCUT2D eigenvalue weighted by Gasteiger charge is 2.26. The van der Waals surface area contributed by atoms with E-state index in [1.165, 1.54) is 0 Å². The largest absolute Gasteiger partial charge is 0.497 e. The molecule has 0 amide bonds. The van der Waals surface area contributed by atoms with Crippen molar-refractivity contribution in [3.63, 3.8) is 0 Å². The highest BCUT2D eigenvalue weighted by atomic mass is 16.5. The fourth-order valence-corrected chi connectivity index (χ4v) is 3.27. The summed E-state index contributed by atoms with van der Waals surface area (Å²) in [5.41, 5.74) is 2.67. The number of benzene rings is 2. The van der Waals surface area contributed by atoms with Crippen LogP contribution in [-0.2, 0) is 23.3 Å². The van der Waals surface area contributed by atoms with Crippen molar-refractivity contribution in [3.05, 3.63) is 83.6 Å². The van der Waals surface area contributed by atoms with Crippen molar-refractivity contribution >= 4 is 11.6 Å². The molecule has 0 atom stereocenters. The molecular formula is C26H30N2O3. The van der Waals surface area contributed by atoms with E-state index >= 15 is 0 Å². The van der Waals surface area contributed by atoms with Gasteiger partial charge in [0.2, 0.25) is 0 Å². The van der Waals surface area contributed by atoms with Crippen molar-refractivity contribution in [2.45, 2.75) is 39.3 Å². The third kappa shape index (κ3) is 5.43. The molecule has 0 bridgehead atoms. The van der Waals surface area contributed by atoms with Gasteiger partial charge < -0.3 is 14.4 Å². The normalized spacial score (nSPS) is 11.1. The summed E-state index contributed by atoms with van der Waals surface area (Å²) < 4.78 is 10.6. The lowest BCUT2D eigenvalue weighted by atomic mass is 9.82. The zero-order valence-electron chi connectivity index (χ0n) is 18.9. The number of ketones is 1. The van der Waals surface area contributed by atoms with Crippen LogP contribution in [0, 0.1) is 0 Å². The topological polar surface area (TPSA) is 51.7 Å². The number of anilines is 1. The van der Waals surface area contributed by atoms with E-state index in [-0.39, 0.29) is 5.78 Å². The smallest absolute Gasteiger partial charge is 0.139 e. The fraction of sp³-hybridized carbons (Fsp3) is 0.308. The summed E-state index contributed by atoms with van der Waals surface area (Å²) in [4.78, 5) is 18.9. The number of hydrogen-bond donors (Lipinski definition) is 0. The van der Waals surface area contributed by atoms with Crippen LogP contribution in [0.15, 0.2) is 66.9 Å². The van der Waals surface area contributed by atoms with Gasteiger partial charge in [-0.2, -0.15) is 0 Å². The Labute approximate surface area is 184 Å². The number of carbonyl (C=O) groups excluding carboxylic acids is 1. The molecule has 31 heavy (non-hydrogen) atoms. The van der Waals surface area contributed by atoms with Gasteiger partial charge in [0.05, 0.1) is 14.2 Å². The highest BCUT2D eigenvalue weighted by molar-refractivity contribution is 5.87. The van der Waals surface area contributed by atoms with Crippen LogP contribution in [0.1, 0.15) is 37.5 Å². The van der Waals surface area contributed by atoms with Crippen LogP contribution in [0.5, 0.6) is 11.5 Å². The molecule has 3 aromatic rings. The average molecular weight is 419 g/mol. The zero-order chi connectivity index (χ0) is 22.4. The lowest BCUT2D eigenvalue weighted by Crippen LogP contribution is -2.27. The summed E-state index contributed by atoms with van der Waals surface area (Å²) >= 11 is 0. The quantitative estimate of drug-likeness (QED) is 0.480. The van der Waals surface area contributed by atoms with E-state index in [9.17, 15) is 4.79 Å². The summed E-state index contributed by atoms with van der Waals surface area (Å²) in [5.74, 6) is 2.64. The average Bonchev–Trinajstić information content (AvgIpc) is 2.79. The second-order valence-corrected chi connectivity index (χ2v) is 8.14. The summed E-state index contributed by atoms with van der Waals surface area (Å²) in [6.45, 7) is 6.86. The predicted octanol–water partition coefficient (Wildman–Crippen LogP) is 5.17. The molecule has 0 N–H and O–H groups in total. The Morgan fingerprint density at radius 2 is 1.32 bits per heavy atom. The van der Waals surface area contributed by atoms with Crippen LogP contribution in [-0.4, -0.2) is 25.0 Å². The minimum Gasteiger partial charge on any atom is -0.497 e. The Morgan fingerprint density at radius 1 is 0.839 bits per heavy atom. The van der Waals surface area contributed by atoms with Crippen LogP contribution in [0.3, 0.4) is 0 Å². The number of rotatable bonds is 9. The summed E-state index contributed by atoms with van der Waals surface area (Å²) in [5, 5.41) is 0. The van der Waals surface area contributed by atoms with E-state index in [1.807, 2.05) is 56.4 Å². The first kappa shape index (κ1) is 22.3. The van der Waals surface area contributed by atoms with Gasteiger partial charge in [-0.05, 0) is 67.8 Å². The number of nitrogens with zero attached hydrogens (tertiary/aromatic N) is 2. The van der Waals surface area contributed by atoms with Gasteiger partial charge in [-0.15, -0.1) is 0 Å². The number of hydrogen-bond acceptors (Lipinski definition) is 5. The van der Waals surface area contributed by atoms with Gasteiger partial charge in [-0.25, -0.2) is 4.98 Å². The van der Waals surface area contributed by atoms with Gasteiger partial charge in [0.1, 0.15) is 23.1 Å². The third-order valence-corrected chi connectivity index (χ3v) is 5.74. The minimum absolute atomic E-state index is 0.121. The molecule has 162 valence electrons. The minimum atomic E-state index is -0.553. The molecular weight excluding hydrogens is 388 g/mol. The number of methoxy groups -OCH3 is 2. The summed E-state index contributed by atoms with van der Waals surface area (Å²) in [7, 11) is 3.33. The van der Waals surface area contributed by atoms with E-state index in [4.69, 9.17) is 14.5 Å². The van der Waals surface area contributed by atoms with Gasteiger partial charge in [0.15, 0.2) is 0 Å². The van der Waals surface area contributed by atoms with Crippen LogP contribution in [0.4, 0.5) is 5.82 Å². The molecule has 0 radical (unpaired) electrons. The molecule has 0 aliphatic rings. The third-order valence-electron chi connectivity index (χ3n) is 5.74. The first-order valence-corrected chi connectivity index (χ1v) is 10.3. The highest BCUT2D eigenvalue weighted by Crippen LogP contribution is 2.26. The molecule has 0 fully saturated rings. The van der Waals surface area contributed by atoms with Crippen molar-refractivity contribution in [2.24, 2.45) is 0 Å². The number of ether oxygens (including phenoxy) is 2. The first-order valence-electron chi connectivity index (χ1n) is 10.3. The maximum Gasteiger partial charge on any atom is 0.139 e. The molecule has 0 saturated heterocycles. The van der Waals surface area contributed by atoms with Crippen molar-refractivity contribution in [1.29, 1.82) is 0 Å². The molecule has 0 unspecified atom stereocenters. The van der Waals surface area contributed by atoms with Crippen molar-refractivity contribution in [2.75, 3.05) is 19.1 Å². The monoisotopic (exact) mass is 418 g/mol. The maximum absolute atomic E-state index is 12.0. The molecule has 0 aliphatic carbocycles. The molecule has 0 spiro atoms. The lowest BCUT2D eigenvalue weighted by molar-refractivity contribution is -0.121. The number of aromatic nitrogens is 1. The van der Waals surface area contributed by atoms with Crippen molar-refractivity contribution in [1.82, 2.24) is 4.98 Å². The summed E-state index contributed by atoms with van der Waals surface area (Å²) in [6.07, 6.45) is 1.81. The van der Waals surface area contributed by atoms with Gasteiger partial charge in [-0.1, -0.05) is 30.3 Å². The van der Waals surface area contributed by atoms with E-state index in [0.29, 0.717) is 13.1 Å². The second kappa shape index (κ2) is 9.65. The number of pyridine rings is 1. The fourth-order valence-electron chi connectivity index (χ4n) is 3.27. The van der Waals surface area contributed by atoms with Crippen LogP contribution < -0.4 is 14.4 Å². The SMILES string of the molecule is COc1ccc(CN(Cc2ccc(OC)cc2)c2ccc(C(C)(C)C(C)=O)cn2)cc1. The first-order chi connectivity index (χ1) is 14.8. The Morgan fingerprint density at radius 3 is 1.68 bits per heavy atom. The standard InChI is InChI=1S/C26H30N2O3/c1-19(29)26(2,3)22-10-15-25(27-16-22)28(17-20-6-11-23(30-4)12-7-20)18-21-8-13-24(31-5)14-9-21/h6-16H,17-18H2,1-5H3. The Bertz CT molecular complexity index is 945. The van der Waals surface area contributed by atoms with Crippen LogP contribution >= 0.6 is 0 Å². The maximum atomic E-state index is 12.0. The van der Waals surface area contributed by atoms with E-state index in [1.54, 1.807) is 21.1 Å². The molecule has 5 nitrogen and oxygen atoms in total. The number of Topliss-reactive ketones (excluding diaryl/α,β-unsaturated/α-hetero) is 1. The lowest BCUT2D eigenvalue weighted by Gasteiger charge is -2.26. The van der Waals surface area contributed by atoms with E-state index < -0.39 is 5.41 Å². The van der Waals surface area contributed by atoms with Gasteiger partial charge in [0.25, 0.3) is 0 Å².